The molecule has 1 amide bonds. The first-order valence-electron chi connectivity index (χ1n) is 9.34. The number of nitrogens with one attached hydrogen (secondary N) is 1. The molecule has 0 saturated carbocycles. The number of amides is 1. The molecule has 29 heavy (non-hydrogen) atoms. The summed E-state index contributed by atoms with van der Waals surface area (Å²) in [5.41, 5.74) is 2.59. The van der Waals surface area contributed by atoms with Crippen LogP contribution in [0.5, 0.6) is 5.75 Å². The molecule has 3 rings (SSSR count). The van der Waals surface area contributed by atoms with E-state index in [1.807, 2.05) is 29.7 Å². The zero-order chi connectivity index (χ0) is 21.0. The Hall–Kier alpha value is -2.07. The van der Waals surface area contributed by atoms with Gasteiger partial charge in [-0.3, -0.25) is 4.79 Å². The van der Waals surface area contributed by atoms with E-state index in [0.29, 0.717) is 29.0 Å². The standard InChI is InChI=1S/C21H23IN4O2S/c1-4-26-20(15-7-5-6-8-18(15)27)24-25-21(26)29-12-19(28)23-17-10-9-14(22)11-16(17)13(2)3/h5-11,13,27H,4,12H2,1-3H3,(H,23,28). The van der Waals surface area contributed by atoms with Gasteiger partial charge in [-0.25, -0.2) is 0 Å². The topological polar surface area (TPSA) is 80.0 Å². The maximum absolute atomic E-state index is 12.5. The summed E-state index contributed by atoms with van der Waals surface area (Å²) in [5, 5.41) is 22.2. The molecule has 1 aromatic heterocycles. The fourth-order valence-electron chi connectivity index (χ4n) is 2.98. The van der Waals surface area contributed by atoms with E-state index < -0.39 is 0 Å². The van der Waals surface area contributed by atoms with Crippen molar-refractivity contribution in [3.8, 4) is 17.1 Å². The van der Waals surface area contributed by atoms with Gasteiger partial charge in [0.2, 0.25) is 5.91 Å². The lowest BCUT2D eigenvalue weighted by atomic mass is 10.0. The van der Waals surface area contributed by atoms with Crippen LogP contribution in [0, 0.1) is 3.57 Å². The lowest BCUT2D eigenvalue weighted by Gasteiger charge is -2.14. The largest absolute Gasteiger partial charge is 0.507 e. The average Bonchev–Trinajstić information content (AvgIpc) is 3.10. The van der Waals surface area contributed by atoms with E-state index in [2.05, 4.69) is 58.0 Å². The Morgan fingerprint density at radius 2 is 2.00 bits per heavy atom. The Labute approximate surface area is 188 Å². The fraction of sp³-hybridized carbons (Fsp3) is 0.286. The summed E-state index contributed by atoms with van der Waals surface area (Å²) < 4.78 is 3.05. The number of para-hydroxylation sites is 1. The highest BCUT2D eigenvalue weighted by molar-refractivity contribution is 14.1. The molecule has 0 atom stereocenters. The first kappa shape index (κ1) is 21.6. The molecule has 3 aromatic rings. The molecule has 0 aliphatic heterocycles. The second kappa shape index (κ2) is 9.62. The van der Waals surface area contributed by atoms with E-state index in [9.17, 15) is 9.90 Å². The Kier molecular flexibility index (Phi) is 7.18. The molecular formula is C21H23IN4O2S. The van der Waals surface area contributed by atoms with Gasteiger partial charge < -0.3 is 15.0 Å². The number of carbonyl (C=O) groups is 1. The number of thioether (sulfide) groups is 1. The minimum absolute atomic E-state index is 0.0899. The highest BCUT2D eigenvalue weighted by Crippen LogP contribution is 2.30. The van der Waals surface area contributed by atoms with Crippen LogP contribution >= 0.6 is 34.4 Å². The highest BCUT2D eigenvalue weighted by atomic mass is 127. The van der Waals surface area contributed by atoms with Crippen molar-refractivity contribution < 1.29 is 9.90 Å². The van der Waals surface area contributed by atoms with Crippen LogP contribution in [0.4, 0.5) is 5.69 Å². The molecule has 152 valence electrons. The highest BCUT2D eigenvalue weighted by Gasteiger charge is 2.17. The number of hydrogen-bond acceptors (Lipinski definition) is 5. The number of anilines is 1. The molecule has 2 aromatic carbocycles. The SMILES string of the molecule is CCn1c(SCC(=O)Nc2ccc(I)cc2C(C)C)nnc1-c1ccccc1O. The van der Waals surface area contributed by atoms with Gasteiger partial charge in [0.15, 0.2) is 11.0 Å². The van der Waals surface area contributed by atoms with Gasteiger partial charge in [-0.05, 0) is 71.3 Å². The molecule has 2 N–H and O–H groups in total. The molecule has 0 aliphatic carbocycles. The molecule has 0 unspecified atom stereocenters. The maximum atomic E-state index is 12.5. The van der Waals surface area contributed by atoms with Crippen LogP contribution in [0.3, 0.4) is 0 Å². The molecule has 0 fully saturated rings. The summed E-state index contributed by atoms with van der Waals surface area (Å²) >= 11 is 3.61. The molecule has 0 spiro atoms. The summed E-state index contributed by atoms with van der Waals surface area (Å²) in [6.07, 6.45) is 0. The number of halogens is 1. The van der Waals surface area contributed by atoms with Gasteiger partial charge in [0.05, 0.1) is 11.3 Å². The van der Waals surface area contributed by atoms with Gasteiger partial charge in [-0.2, -0.15) is 0 Å². The second-order valence-electron chi connectivity index (χ2n) is 6.79. The predicted molar refractivity (Wildman–Crippen MR) is 125 cm³/mol. The van der Waals surface area contributed by atoms with Crippen molar-refractivity contribution in [3.63, 3.8) is 0 Å². The second-order valence-corrected chi connectivity index (χ2v) is 8.98. The van der Waals surface area contributed by atoms with Crippen LogP contribution in [0.25, 0.3) is 11.4 Å². The quantitative estimate of drug-likeness (QED) is 0.332. The van der Waals surface area contributed by atoms with Gasteiger partial charge in [-0.15, -0.1) is 10.2 Å². The smallest absolute Gasteiger partial charge is 0.234 e. The Morgan fingerprint density at radius 3 is 2.69 bits per heavy atom. The average molecular weight is 522 g/mol. The summed E-state index contributed by atoms with van der Waals surface area (Å²) in [4.78, 5) is 12.5. The van der Waals surface area contributed by atoms with Crippen LogP contribution in [-0.4, -0.2) is 31.5 Å². The monoisotopic (exact) mass is 522 g/mol. The van der Waals surface area contributed by atoms with Gasteiger partial charge in [0.1, 0.15) is 5.75 Å². The third-order valence-electron chi connectivity index (χ3n) is 4.42. The van der Waals surface area contributed by atoms with Crippen molar-refractivity contribution in [2.45, 2.75) is 38.4 Å². The molecule has 0 bridgehead atoms. The van der Waals surface area contributed by atoms with Crippen molar-refractivity contribution in [1.82, 2.24) is 14.8 Å². The number of phenols is 1. The van der Waals surface area contributed by atoms with Gasteiger partial charge >= 0.3 is 0 Å². The van der Waals surface area contributed by atoms with Crippen molar-refractivity contribution >= 4 is 45.9 Å². The van der Waals surface area contributed by atoms with E-state index in [1.54, 1.807) is 18.2 Å². The van der Waals surface area contributed by atoms with Crippen molar-refractivity contribution in [2.75, 3.05) is 11.1 Å². The number of rotatable bonds is 7. The van der Waals surface area contributed by atoms with Gasteiger partial charge in [-0.1, -0.05) is 37.7 Å². The number of benzene rings is 2. The summed E-state index contributed by atoms with van der Waals surface area (Å²) in [6.45, 7) is 6.84. The van der Waals surface area contributed by atoms with Crippen molar-refractivity contribution in [1.29, 1.82) is 0 Å². The zero-order valence-corrected chi connectivity index (χ0v) is 19.5. The lowest BCUT2D eigenvalue weighted by molar-refractivity contribution is -0.113. The number of carbonyl (C=O) groups excluding carboxylic acids is 1. The zero-order valence-electron chi connectivity index (χ0n) is 16.5. The Morgan fingerprint density at radius 1 is 1.24 bits per heavy atom. The Bertz CT molecular complexity index is 1020. The van der Waals surface area contributed by atoms with Crippen LogP contribution in [0.1, 0.15) is 32.3 Å². The van der Waals surface area contributed by atoms with Gasteiger partial charge in [0.25, 0.3) is 0 Å². The summed E-state index contributed by atoms with van der Waals surface area (Å²) in [5.74, 6) is 1.20. The first-order valence-corrected chi connectivity index (χ1v) is 11.4. The number of aromatic hydroxyl groups is 1. The van der Waals surface area contributed by atoms with Crippen LogP contribution in [-0.2, 0) is 11.3 Å². The summed E-state index contributed by atoms with van der Waals surface area (Å²) in [6, 6.07) is 13.1. The minimum atomic E-state index is -0.0899. The van der Waals surface area contributed by atoms with E-state index in [-0.39, 0.29) is 17.4 Å². The summed E-state index contributed by atoms with van der Waals surface area (Å²) in [7, 11) is 0. The number of hydrogen-bond donors (Lipinski definition) is 2. The molecule has 8 heteroatoms. The molecular weight excluding hydrogens is 499 g/mol. The van der Waals surface area contributed by atoms with E-state index in [1.165, 1.54) is 11.8 Å². The molecule has 6 nitrogen and oxygen atoms in total. The predicted octanol–water partition coefficient (Wildman–Crippen LogP) is 5.13. The number of phenolic OH excluding ortho intramolecular Hbond substituents is 1. The van der Waals surface area contributed by atoms with Crippen LogP contribution in [0.15, 0.2) is 47.6 Å². The van der Waals surface area contributed by atoms with E-state index in [4.69, 9.17) is 0 Å². The van der Waals surface area contributed by atoms with Crippen molar-refractivity contribution in [2.24, 2.45) is 0 Å². The van der Waals surface area contributed by atoms with Crippen LogP contribution < -0.4 is 5.32 Å². The number of aromatic nitrogens is 3. The Balaban J connectivity index is 1.73. The molecule has 0 saturated heterocycles. The molecule has 0 aliphatic rings. The van der Waals surface area contributed by atoms with E-state index in [0.717, 1.165) is 14.8 Å². The van der Waals surface area contributed by atoms with Crippen molar-refractivity contribution in [3.05, 3.63) is 51.6 Å². The number of nitrogens with zero attached hydrogens (tertiary/aromatic N) is 3. The molecule has 0 radical (unpaired) electrons. The lowest BCUT2D eigenvalue weighted by Crippen LogP contribution is -2.16. The van der Waals surface area contributed by atoms with E-state index >= 15 is 0 Å². The van der Waals surface area contributed by atoms with Crippen LogP contribution in [0.2, 0.25) is 0 Å². The molecule has 1 heterocycles. The fourth-order valence-corrected chi connectivity index (χ4v) is 4.30. The van der Waals surface area contributed by atoms with Gasteiger partial charge in [0, 0.05) is 15.8 Å². The maximum Gasteiger partial charge on any atom is 0.234 e. The normalized spacial score (nSPS) is 11.1. The third-order valence-corrected chi connectivity index (χ3v) is 6.06. The minimum Gasteiger partial charge on any atom is -0.507 e. The third kappa shape index (κ3) is 5.11. The first-order chi connectivity index (χ1) is 13.9.